The fourth-order valence-electron chi connectivity index (χ4n) is 3.34. The summed E-state index contributed by atoms with van der Waals surface area (Å²) in [6, 6.07) is 6.85. The zero-order chi connectivity index (χ0) is 20.6. The lowest BCUT2D eigenvalue weighted by Gasteiger charge is -2.34. The number of aryl methyl sites for hydroxylation is 2. The quantitative estimate of drug-likeness (QED) is 0.626. The fraction of sp³-hybridized carbons (Fsp3) is 0.333. The predicted octanol–water partition coefficient (Wildman–Crippen LogP) is 1.49. The van der Waals surface area contributed by atoms with Crippen LogP contribution in [0.5, 0.6) is 0 Å². The molecule has 10 nitrogen and oxygen atoms in total. The third kappa shape index (κ3) is 3.54. The lowest BCUT2D eigenvalue weighted by molar-refractivity contribution is 0.0698. The highest BCUT2D eigenvalue weighted by molar-refractivity contribution is 7.89. The van der Waals surface area contributed by atoms with Gasteiger partial charge in [-0.3, -0.25) is 4.79 Å². The molecule has 152 valence electrons. The Hall–Kier alpha value is -3.05. The number of rotatable bonds is 4. The summed E-state index contributed by atoms with van der Waals surface area (Å²) in [6.45, 7) is 4.18. The van der Waals surface area contributed by atoms with E-state index in [1.54, 1.807) is 43.0 Å². The molecule has 1 aliphatic rings. The molecule has 0 saturated carbocycles. The Morgan fingerprint density at radius 2 is 1.76 bits per heavy atom. The molecule has 0 spiro atoms. The van der Waals surface area contributed by atoms with E-state index in [2.05, 4.69) is 15.4 Å². The molecule has 2 aromatic heterocycles. The number of benzene rings is 1. The first-order chi connectivity index (χ1) is 13.9. The van der Waals surface area contributed by atoms with Gasteiger partial charge in [0.05, 0.1) is 0 Å². The van der Waals surface area contributed by atoms with Gasteiger partial charge >= 0.3 is 0 Å². The van der Waals surface area contributed by atoms with Crippen LogP contribution in [0.25, 0.3) is 11.5 Å². The minimum absolute atomic E-state index is 0.105. The van der Waals surface area contributed by atoms with Crippen molar-refractivity contribution >= 4 is 15.9 Å². The van der Waals surface area contributed by atoms with Crippen molar-refractivity contribution < 1.29 is 22.2 Å². The summed E-state index contributed by atoms with van der Waals surface area (Å²) in [5.41, 5.74) is 1.56. The van der Waals surface area contributed by atoms with Gasteiger partial charge in [-0.05, 0) is 38.1 Å². The van der Waals surface area contributed by atoms with Crippen LogP contribution in [-0.4, -0.2) is 65.1 Å². The lowest BCUT2D eigenvalue weighted by Crippen LogP contribution is -2.50. The van der Waals surface area contributed by atoms with Gasteiger partial charge in [0.15, 0.2) is 5.76 Å². The average Bonchev–Trinajstić information content (AvgIpc) is 3.38. The summed E-state index contributed by atoms with van der Waals surface area (Å²) in [5, 5.41) is 11.2. The van der Waals surface area contributed by atoms with Gasteiger partial charge in [0.25, 0.3) is 5.91 Å². The van der Waals surface area contributed by atoms with E-state index in [-0.39, 0.29) is 29.7 Å². The van der Waals surface area contributed by atoms with E-state index >= 15 is 0 Å². The Morgan fingerprint density at radius 3 is 2.31 bits per heavy atom. The number of nitrogens with zero attached hydrogens (tertiary/aromatic N) is 5. The molecular weight excluding hydrogens is 398 g/mol. The smallest absolute Gasteiger partial charge is 0.253 e. The Labute approximate surface area is 167 Å². The summed E-state index contributed by atoms with van der Waals surface area (Å²) < 4.78 is 37.3. The van der Waals surface area contributed by atoms with Crippen LogP contribution in [0.2, 0.25) is 0 Å². The molecule has 1 amide bonds. The Kier molecular flexibility index (Phi) is 4.92. The van der Waals surface area contributed by atoms with Crippen molar-refractivity contribution in [1.82, 2.24) is 24.6 Å². The van der Waals surface area contributed by atoms with Crippen molar-refractivity contribution in [1.29, 1.82) is 0 Å². The standard InChI is InChI=1S/C18H19N5O5S/c1-12-16(13(2)28-21-12)29(25,26)23-9-7-22(8-10-23)18(24)15-5-3-14(4-6-15)17-20-19-11-27-17/h3-6,11H,7-10H2,1-2H3. The van der Waals surface area contributed by atoms with E-state index in [4.69, 9.17) is 8.94 Å². The minimum atomic E-state index is -3.71. The highest BCUT2D eigenvalue weighted by Crippen LogP contribution is 2.25. The summed E-state index contributed by atoms with van der Waals surface area (Å²) in [5.74, 6) is 0.487. The van der Waals surface area contributed by atoms with Gasteiger partial charge in [-0.2, -0.15) is 4.31 Å². The average molecular weight is 417 g/mol. The van der Waals surface area contributed by atoms with Crippen molar-refractivity contribution in [3.05, 3.63) is 47.7 Å². The largest absolute Gasteiger partial charge is 0.423 e. The highest BCUT2D eigenvalue weighted by Gasteiger charge is 2.34. The normalized spacial score (nSPS) is 15.6. The molecule has 0 aliphatic carbocycles. The molecule has 4 rings (SSSR count). The molecule has 29 heavy (non-hydrogen) atoms. The monoisotopic (exact) mass is 417 g/mol. The van der Waals surface area contributed by atoms with Crippen LogP contribution in [0.15, 0.2) is 44.5 Å². The van der Waals surface area contributed by atoms with Crippen molar-refractivity contribution in [2.45, 2.75) is 18.7 Å². The molecule has 3 aromatic rings. The van der Waals surface area contributed by atoms with Crippen molar-refractivity contribution in [3.63, 3.8) is 0 Å². The Morgan fingerprint density at radius 1 is 1.07 bits per heavy atom. The van der Waals surface area contributed by atoms with E-state index < -0.39 is 10.0 Å². The minimum Gasteiger partial charge on any atom is -0.423 e. The van der Waals surface area contributed by atoms with Crippen LogP contribution in [0.4, 0.5) is 0 Å². The molecule has 0 bridgehead atoms. The molecule has 1 fully saturated rings. The Balaban J connectivity index is 1.43. The van der Waals surface area contributed by atoms with Crippen molar-refractivity contribution in [2.75, 3.05) is 26.2 Å². The maximum Gasteiger partial charge on any atom is 0.253 e. The van der Waals surface area contributed by atoms with Crippen molar-refractivity contribution in [2.24, 2.45) is 0 Å². The van der Waals surface area contributed by atoms with Crippen LogP contribution in [0.3, 0.4) is 0 Å². The van der Waals surface area contributed by atoms with Crippen molar-refractivity contribution in [3.8, 4) is 11.5 Å². The molecular formula is C18H19N5O5S. The van der Waals surface area contributed by atoms with Gasteiger partial charge in [-0.15, -0.1) is 10.2 Å². The van der Waals surface area contributed by atoms with Crippen LogP contribution >= 0.6 is 0 Å². The topological polar surface area (TPSA) is 123 Å². The first kappa shape index (κ1) is 19.3. The Bertz CT molecular complexity index is 1090. The van der Waals surface area contributed by atoms with E-state index in [0.717, 1.165) is 5.56 Å². The maximum atomic E-state index is 12.9. The second kappa shape index (κ2) is 7.41. The highest BCUT2D eigenvalue weighted by atomic mass is 32.2. The molecule has 0 radical (unpaired) electrons. The van der Waals surface area contributed by atoms with Crippen LogP contribution in [-0.2, 0) is 10.0 Å². The molecule has 0 atom stereocenters. The van der Waals surface area contributed by atoms with Gasteiger partial charge in [0.1, 0.15) is 10.6 Å². The molecule has 3 heterocycles. The van der Waals surface area contributed by atoms with Gasteiger partial charge in [-0.1, -0.05) is 5.16 Å². The molecule has 1 aliphatic heterocycles. The number of sulfonamides is 1. The molecule has 1 aromatic carbocycles. The third-order valence-electron chi connectivity index (χ3n) is 4.83. The second-order valence-electron chi connectivity index (χ2n) is 6.67. The number of hydrogen-bond acceptors (Lipinski definition) is 8. The number of piperazine rings is 1. The number of carbonyl (C=O) groups excluding carboxylic acids is 1. The van der Waals surface area contributed by atoms with Gasteiger partial charge in [0, 0.05) is 37.3 Å². The predicted molar refractivity (Wildman–Crippen MR) is 100 cm³/mol. The summed E-state index contributed by atoms with van der Waals surface area (Å²) in [7, 11) is -3.71. The zero-order valence-corrected chi connectivity index (χ0v) is 16.7. The van der Waals surface area contributed by atoms with Gasteiger partial charge in [0.2, 0.25) is 22.3 Å². The van der Waals surface area contributed by atoms with E-state index in [1.807, 2.05) is 0 Å². The number of carbonyl (C=O) groups is 1. The number of amides is 1. The molecule has 0 unspecified atom stereocenters. The zero-order valence-electron chi connectivity index (χ0n) is 15.9. The van der Waals surface area contributed by atoms with Gasteiger partial charge in [-0.25, -0.2) is 8.42 Å². The molecule has 11 heteroatoms. The van der Waals surface area contributed by atoms with E-state index in [9.17, 15) is 13.2 Å². The van der Waals surface area contributed by atoms with Gasteiger partial charge < -0.3 is 13.8 Å². The maximum absolute atomic E-state index is 12.9. The van der Waals surface area contributed by atoms with Crippen LogP contribution < -0.4 is 0 Å². The second-order valence-corrected chi connectivity index (χ2v) is 8.55. The summed E-state index contributed by atoms with van der Waals surface area (Å²) in [4.78, 5) is 14.5. The van der Waals surface area contributed by atoms with E-state index in [0.29, 0.717) is 30.2 Å². The molecule has 0 N–H and O–H groups in total. The summed E-state index contributed by atoms with van der Waals surface area (Å²) >= 11 is 0. The fourth-order valence-corrected chi connectivity index (χ4v) is 5.05. The first-order valence-electron chi connectivity index (χ1n) is 8.97. The lowest BCUT2D eigenvalue weighted by atomic mass is 10.1. The molecule has 1 saturated heterocycles. The van der Waals surface area contributed by atoms with Crippen LogP contribution in [0.1, 0.15) is 21.8 Å². The van der Waals surface area contributed by atoms with Crippen LogP contribution in [0, 0.1) is 13.8 Å². The SMILES string of the molecule is Cc1noc(C)c1S(=O)(=O)N1CCN(C(=O)c2ccc(-c3nnco3)cc2)CC1. The number of aromatic nitrogens is 3. The third-order valence-corrected chi connectivity index (χ3v) is 6.97. The number of hydrogen-bond donors (Lipinski definition) is 0. The summed E-state index contributed by atoms with van der Waals surface area (Å²) in [6.07, 6.45) is 1.24. The first-order valence-corrected chi connectivity index (χ1v) is 10.4. The van der Waals surface area contributed by atoms with E-state index in [1.165, 1.54) is 10.7 Å².